The van der Waals surface area contributed by atoms with E-state index in [0.717, 1.165) is 22.3 Å². The molecule has 0 aliphatic heterocycles. The predicted octanol–water partition coefficient (Wildman–Crippen LogP) is 3.48. The molecule has 0 saturated carbocycles. The number of aromatic nitrogens is 4. The molecule has 1 aromatic carbocycles. The minimum absolute atomic E-state index is 0.191. The molecule has 0 radical (unpaired) electrons. The number of nitrogens with zero attached hydrogens (tertiary/aromatic N) is 4. The Labute approximate surface area is 161 Å². The maximum absolute atomic E-state index is 12.9. The maximum atomic E-state index is 12.9. The fourth-order valence-electron chi connectivity index (χ4n) is 3.16. The molecule has 1 aliphatic rings. The van der Waals surface area contributed by atoms with Gasteiger partial charge in [-0.1, -0.05) is 23.7 Å². The summed E-state index contributed by atoms with van der Waals surface area (Å²) in [5.41, 5.74) is 4.20. The molecule has 0 atom stereocenters. The van der Waals surface area contributed by atoms with Gasteiger partial charge in [0.1, 0.15) is 5.75 Å². The maximum Gasteiger partial charge on any atom is 0.278 e. The normalized spacial score (nSPS) is 13.1. The van der Waals surface area contributed by atoms with Crippen molar-refractivity contribution in [1.82, 2.24) is 19.7 Å². The summed E-state index contributed by atoms with van der Waals surface area (Å²) in [6.07, 6.45) is 8.27. The smallest absolute Gasteiger partial charge is 0.278 e. The number of benzene rings is 1. The van der Waals surface area contributed by atoms with Crippen LogP contribution in [0.15, 0.2) is 41.6 Å². The van der Waals surface area contributed by atoms with Gasteiger partial charge in [0, 0.05) is 29.1 Å². The van der Waals surface area contributed by atoms with Gasteiger partial charge in [0.2, 0.25) is 0 Å². The van der Waals surface area contributed by atoms with Gasteiger partial charge in [0.15, 0.2) is 0 Å². The third-order valence-electron chi connectivity index (χ3n) is 4.57. The molecular formula is C20H17ClN4O2. The molecule has 136 valence electrons. The van der Waals surface area contributed by atoms with Gasteiger partial charge in [-0.2, -0.15) is 9.78 Å². The summed E-state index contributed by atoms with van der Waals surface area (Å²) in [6, 6.07) is 5.68. The van der Waals surface area contributed by atoms with Crippen LogP contribution in [0.3, 0.4) is 0 Å². The van der Waals surface area contributed by atoms with Crippen molar-refractivity contribution in [2.45, 2.75) is 19.8 Å². The SMILES string of the molecule is COc1cccc(C2=Cc3cnn(-c4ncc(C)cn4)c(=O)c3CC2)c1Cl. The molecule has 4 rings (SSSR count). The number of aryl methyl sites for hydroxylation is 1. The van der Waals surface area contributed by atoms with E-state index < -0.39 is 0 Å². The van der Waals surface area contributed by atoms with E-state index in [1.54, 1.807) is 25.7 Å². The van der Waals surface area contributed by atoms with Gasteiger partial charge in [-0.05, 0) is 43.0 Å². The van der Waals surface area contributed by atoms with Crippen LogP contribution >= 0.6 is 11.6 Å². The zero-order valence-corrected chi connectivity index (χ0v) is 15.7. The van der Waals surface area contributed by atoms with Crippen molar-refractivity contribution in [3.05, 3.63) is 74.4 Å². The average Bonchev–Trinajstić information content (AvgIpc) is 2.69. The van der Waals surface area contributed by atoms with Crippen molar-refractivity contribution in [1.29, 1.82) is 0 Å². The van der Waals surface area contributed by atoms with Crippen molar-refractivity contribution in [3.8, 4) is 11.7 Å². The van der Waals surface area contributed by atoms with Crippen LogP contribution < -0.4 is 10.3 Å². The highest BCUT2D eigenvalue weighted by Gasteiger charge is 2.20. The number of allylic oxidation sites excluding steroid dienone is 1. The van der Waals surface area contributed by atoms with E-state index in [9.17, 15) is 4.79 Å². The highest BCUT2D eigenvalue weighted by molar-refractivity contribution is 6.34. The van der Waals surface area contributed by atoms with Crippen molar-refractivity contribution in [2.75, 3.05) is 7.11 Å². The number of methoxy groups -OCH3 is 1. The lowest BCUT2D eigenvalue weighted by Crippen LogP contribution is -2.28. The van der Waals surface area contributed by atoms with Crippen LogP contribution in [0.25, 0.3) is 17.6 Å². The largest absolute Gasteiger partial charge is 0.495 e. The van der Waals surface area contributed by atoms with E-state index >= 15 is 0 Å². The molecule has 0 N–H and O–H groups in total. The Hall–Kier alpha value is -2.99. The van der Waals surface area contributed by atoms with Gasteiger partial charge >= 0.3 is 0 Å². The van der Waals surface area contributed by atoms with E-state index in [0.29, 0.717) is 29.2 Å². The van der Waals surface area contributed by atoms with Crippen LogP contribution in [-0.4, -0.2) is 26.9 Å². The molecule has 0 unspecified atom stereocenters. The van der Waals surface area contributed by atoms with Crippen LogP contribution in [0.1, 0.15) is 28.7 Å². The van der Waals surface area contributed by atoms with Gasteiger partial charge in [-0.15, -0.1) is 0 Å². The first-order valence-electron chi connectivity index (χ1n) is 8.52. The number of hydrogen-bond acceptors (Lipinski definition) is 5. The van der Waals surface area contributed by atoms with Gasteiger partial charge < -0.3 is 4.74 Å². The van der Waals surface area contributed by atoms with E-state index in [-0.39, 0.29) is 11.5 Å². The first-order valence-corrected chi connectivity index (χ1v) is 8.90. The molecule has 0 fully saturated rings. The molecule has 6 nitrogen and oxygen atoms in total. The minimum Gasteiger partial charge on any atom is -0.495 e. The Bertz CT molecular complexity index is 1100. The Morgan fingerprint density at radius 1 is 1.15 bits per heavy atom. The number of halogens is 1. The second kappa shape index (κ2) is 6.96. The molecule has 0 amide bonds. The Kier molecular flexibility index (Phi) is 4.49. The van der Waals surface area contributed by atoms with Gasteiger partial charge in [-0.3, -0.25) is 4.79 Å². The summed E-state index contributed by atoms with van der Waals surface area (Å²) < 4.78 is 6.55. The number of fused-ring (bicyclic) bond motifs is 1. The number of ether oxygens (including phenoxy) is 1. The Balaban J connectivity index is 1.77. The van der Waals surface area contributed by atoms with Gasteiger partial charge in [0.25, 0.3) is 11.5 Å². The first-order chi connectivity index (χ1) is 13.1. The lowest BCUT2D eigenvalue weighted by atomic mass is 9.90. The minimum atomic E-state index is -0.191. The number of rotatable bonds is 3. The summed E-state index contributed by atoms with van der Waals surface area (Å²) >= 11 is 6.45. The van der Waals surface area contributed by atoms with E-state index in [1.165, 1.54) is 4.68 Å². The summed E-state index contributed by atoms with van der Waals surface area (Å²) in [5, 5.41) is 4.83. The summed E-state index contributed by atoms with van der Waals surface area (Å²) in [5.74, 6) is 0.907. The Morgan fingerprint density at radius 3 is 2.67 bits per heavy atom. The topological polar surface area (TPSA) is 69.9 Å². The zero-order valence-electron chi connectivity index (χ0n) is 14.9. The van der Waals surface area contributed by atoms with Crippen LogP contribution in [0.4, 0.5) is 0 Å². The van der Waals surface area contributed by atoms with E-state index in [2.05, 4.69) is 15.1 Å². The Morgan fingerprint density at radius 2 is 1.93 bits per heavy atom. The molecule has 0 bridgehead atoms. The van der Waals surface area contributed by atoms with Crippen molar-refractivity contribution in [3.63, 3.8) is 0 Å². The number of hydrogen-bond donors (Lipinski definition) is 0. The van der Waals surface area contributed by atoms with Crippen LogP contribution in [0, 0.1) is 6.92 Å². The molecular weight excluding hydrogens is 364 g/mol. The quantitative estimate of drug-likeness (QED) is 0.695. The molecule has 7 heteroatoms. The lowest BCUT2D eigenvalue weighted by Gasteiger charge is -2.18. The molecule has 2 aromatic heterocycles. The molecule has 3 aromatic rings. The van der Waals surface area contributed by atoms with Crippen molar-refractivity contribution >= 4 is 23.3 Å². The molecule has 0 saturated heterocycles. The van der Waals surface area contributed by atoms with Gasteiger partial charge in [0.05, 0.1) is 18.3 Å². The average molecular weight is 381 g/mol. The predicted molar refractivity (Wildman–Crippen MR) is 104 cm³/mol. The fourth-order valence-corrected chi connectivity index (χ4v) is 3.49. The lowest BCUT2D eigenvalue weighted by molar-refractivity contribution is 0.415. The molecule has 27 heavy (non-hydrogen) atoms. The van der Waals surface area contributed by atoms with Crippen LogP contribution in [0.5, 0.6) is 5.75 Å². The third kappa shape index (κ3) is 3.13. The molecule has 1 aliphatic carbocycles. The zero-order chi connectivity index (χ0) is 19.0. The van der Waals surface area contributed by atoms with Crippen molar-refractivity contribution in [2.24, 2.45) is 0 Å². The van der Waals surface area contributed by atoms with Crippen LogP contribution in [0.2, 0.25) is 5.02 Å². The first kappa shape index (κ1) is 17.4. The second-order valence-corrected chi connectivity index (χ2v) is 6.73. The van der Waals surface area contributed by atoms with Gasteiger partial charge in [-0.25, -0.2) is 9.97 Å². The highest BCUT2D eigenvalue weighted by Crippen LogP contribution is 2.37. The van der Waals surface area contributed by atoms with Crippen molar-refractivity contribution < 1.29 is 4.74 Å². The monoisotopic (exact) mass is 380 g/mol. The summed E-state index contributed by atoms with van der Waals surface area (Å²) in [6.45, 7) is 1.89. The molecule has 2 heterocycles. The van der Waals surface area contributed by atoms with E-state index in [1.807, 2.05) is 31.2 Å². The van der Waals surface area contributed by atoms with E-state index in [4.69, 9.17) is 16.3 Å². The third-order valence-corrected chi connectivity index (χ3v) is 4.96. The fraction of sp³-hybridized carbons (Fsp3) is 0.200. The highest BCUT2D eigenvalue weighted by atomic mass is 35.5. The van der Waals surface area contributed by atoms with Crippen LogP contribution in [-0.2, 0) is 6.42 Å². The second-order valence-electron chi connectivity index (χ2n) is 6.35. The summed E-state index contributed by atoms with van der Waals surface area (Å²) in [7, 11) is 1.59. The summed E-state index contributed by atoms with van der Waals surface area (Å²) in [4.78, 5) is 21.2. The molecule has 0 spiro atoms. The standard InChI is InChI=1S/C20H17ClN4O2/c1-12-9-22-20(23-10-12)25-19(26)16-7-6-13(8-14(16)11-24-25)15-4-3-5-17(27-2)18(15)21/h3-5,8-11H,6-7H2,1-2H3.